The average Bonchev–Trinajstić information content (AvgIpc) is 2.50. The van der Waals surface area contributed by atoms with Crippen molar-refractivity contribution in [3.05, 3.63) is 54.4 Å². The highest BCUT2D eigenvalue weighted by atomic mass is 14.9. The Bertz CT molecular complexity index is 568. The molecule has 0 spiro atoms. The molecular formula is C13H10N2. The lowest BCUT2D eigenvalue weighted by Crippen LogP contribution is -1.92. The summed E-state index contributed by atoms with van der Waals surface area (Å²) >= 11 is 0. The van der Waals surface area contributed by atoms with Crippen LogP contribution >= 0.6 is 0 Å². The summed E-state index contributed by atoms with van der Waals surface area (Å²) in [6, 6.07) is 10.3. The van der Waals surface area contributed by atoms with Crippen molar-refractivity contribution in [3.8, 4) is 0 Å². The Morgan fingerprint density at radius 3 is 3.00 bits per heavy atom. The zero-order chi connectivity index (χ0) is 10.1. The number of allylic oxidation sites excluding steroid dienone is 2. The normalized spacial score (nSPS) is 13.3. The average molecular weight is 194 g/mol. The van der Waals surface area contributed by atoms with Crippen molar-refractivity contribution in [3.63, 3.8) is 0 Å². The number of fused-ring (bicyclic) bond motifs is 2. The molecule has 1 aliphatic rings. The van der Waals surface area contributed by atoms with E-state index in [0.717, 1.165) is 22.3 Å². The number of aromatic nitrogens is 1. The summed E-state index contributed by atoms with van der Waals surface area (Å²) in [5.74, 6) is 0. The van der Waals surface area contributed by atoms with Crippen molar-refractivity contribution in [2.45, 2.75) is 0 Å². The van der Waals surface area contributed by atoms with Gasteiger partial charge in [0.1, 0.15) is 0 Å². The Morgan fingerprint density at radius 2 is 2.00 bits per heavy atom. The van der Waals surface area contributed by atoms with E-state index in [2.05, 4.69) is 22.4 Å². The van der Waals surface area contributed by atoms with Gasteiger partial charge in [-0.2, -0.15) is 0 Å². The van der Waals surface area contributed by atoms with E-state index in [1.165, 1.54) is 0 Å². The zero-order valence-electron chi connectivity index (χ0n) is 8.14. The van der Waals surface area contributed by atoms with Gasteiger partial charge in [0, 0.05) is 11.6 Å². The van der Waals surface area contributed by atoms with Crippen molar-refractivity contribution in [2.24, 2.45) is 0 Å². The van der Waals surface area contributed by atoms with Crippen molar-refractivity contribution in [1.82, 2.24) is 4.98 Å². The van der Waals surface area contributed by atoms with Gasteiger partial charge in [-0.15, -0.1) is 0 Å². The Morgan fingerprint density at radius 1 is 1.07 bits per heavy atom. The van der Waals surface area contributed by atoms with Crippen LogP contribution in [-0.2, 0) is 0 Å². The molecule has 1 aromatic carbocycles. The Kier molecular flexibility index (Phi) is 1.78. The van der Waals surface area contributed by atoms with Gasteiger partial charge >= 0.3 is 0 Å². The SMILES string of the molecule is C1=CNc2cc3ccccc3nc2C=C1. The summed E-state index contributed by atoms with van der Waals surface area (Å²) in [6.07, 6.45) is 7.88. The van der Waals surface area contributed by atoms with Crippen LogP contribution in [-0.4, -0.2) is 4.98 Å². The van der Waals surface area contributed by atoms with Gasteiger partial charge in [0.25, 0.3) is 0 Å². The number of benzene rings is 1. The number of anilines is 1. The Labute approximate surface area is 88.0 Å². The minimum Gasteiger partial charge on any atom is -0.360 e. The third-order valence-electron chi connectivity index (χ3n) is 2.45. The molecule has 72 valence electrons. The molecule has 2 nitrogen and oxygen atoms in total. The quantitative estimate of drug-likeness (QED) is 0.696. The third kappa shape index (κ3) is 1.40. The number of nitrogens with zero attached hydrogens (tertiary/aromatic N) is 1. The van der Waals surface area contributed by atoms with Crippen molar-refractivity contribution >= 4 is 22.7 Å². The molecule has 0 bridgehead atoms. The largest absolute Gasteiger partial charge is 0.360 e. The zero-order valence-corrected chi connectivity index (χ0v) is 8.14. The van der Waals surface area contributed by atoms with E-state index in [1.54, 1.807) is 0 Å². The summed E-state index contributed by atoms with van der Waals surface area (Å²) in [5.41, 5.74) is 3.07. The van der Waals surface area contributed by atoms with E-state index in [1.807, 2.05) is 42.6 Å². The molecule has 2 aromatic rings. The van der Waals surface area contributed by atoms with Crippen molar-refractivity contribution in [1.29, 1.82) is 0 Å². The summed E-state index contributed by atoms with van der Waals surface area (Å²) < 4.78 is 0. The molecule has 0 fully saturated rings. The van der Waals surface area contributed by atoms with E-state index in [9.17, 15) is 0 Å². The summed E-state index contributed by atoms with van der Waals surface area (Å²) in [4.78, 5) is 4.59. The number of para-hydroxylation sites is 1. The lowest BCUT2D eigenvalue weighted by Gasteiger charge is -2.05. The van der Waals surface area contributed by atoms with Crippen LogP contribution in [0.1, 0.15) is 5.69 Å². The van der Waals surface area contributed by atoms with Crippen LogP contribution in [0, 0.1) is 0 Å². The molecule has 1 N–H and O–H groups in total. The first-order valence-corrected chi connectivity index (χ1v) is 4.93. The molecule has 0 atom stereocenters. The molecule has 1 aromatic heterocycles. The monoisotopic (exact) mass is 194 g/mol. The van der Waals surface area contributed by atoms with Gasteiger partial charge in [0.15, 0.2) is 0 Å². The smallest absolute Gasteiger partial charge is 0.0872 e. The number of rotatable bonds is 0. The van der Waals surface area contributed by atoms with Gasteiger partial charge in [0.05, 0.1) is 16.9 Å². The second-order valence-electron chi connectivity index (χ2n) is 3.48. The van der Waals surface area contributed by atoms with E-state index >= 15 is 0 Å². The molecule has 2 heterocycles. The molecule has 0 aliphatic carbocycles. The van der Waals surface area contributed by atoms with Crippen LogP contribution in [0.25, 0.3) is 17.0 Å². The van der Waals surface area contributed by atoms with Gasteiger partial charge in [0.2, 0.25) is 0 Å². The predicted molar refractivity (Wildman–Crippen MR) is 63.5 cm³/mol. The minimum absolute atomic E-state index is 0.985. The van der Waals surface area contributed by atoms with Crippen molar-refractivity contribution < 1.29 is 0 Å². The topological polar surface area (TPSA) is 24.9 Å². The second kappa shape index (κ2) is 3.24. The lowest BCUT2D eigenvalue weighted by atomic mass is 10.1. The van der Waals surface area contributed by atoms with Gasteiger partial charge in [-0.1, -0.05) is 24.3 Å². The van der Waals surface area contributed by atoms with Gasteiger partial charge in [-0.25, -0.2) is 4.98 Å². The highest BCUT2D eigenvalue weighted by molar-refractivity contribution is 5.85. The number of nitrogens with one attached hydrogen (secondary N) is 1. The van der Waals surface area contributed by atoms with Crippen LogP contribution in [0.2, 0.25) is 0 Å². The predicted octanol–water partition coefficient (Wildman–Crippen LogP) is 3.19. The maximum absolute atomic E-state index is 4.59. The Hall–Kier alpha value is -2.09. The molecular weight excluding hydrogens is 184 g/mol. The number of hydrogen-bond acceptors (Lipinski definition) is 2. The fourth-order valence-corrected chi connectivity index (χ4v) is 1.71. The Balaban J connectivity index is 2.31. The summed E-state index contributed by atoms with van der Waals surface area (Å²) in [5, 5.41) is 4.37. The van der Waals surface area contributed by atoms with Crippen LogP contribution in [0.5, 0.6) is 0 Å². The third-order valence-corrected chi connectivity index (χ3v) is 2.45. The van der Waals surface area contributed by atoms with E-state index in [4.69, 9.17) is 0 Å². The van der Waals surface area contributed by atoms with Gasteiger partial charge in [-0.05, 0) is 24.3 Å². The number of hydrogen-bond donors (Lipinski definition) is 1. The summed E-state index contributed by atoms with van der Waals surface area (Å²) in [7, 11) is 0. The standard InChI is InChI=1S/C13H10N2/c1-2-6-11-10(5-1)9-13-12(15-11)7-3-4-8-14-13/h1-9,14H. The van der Waals surface area contributed by atoms with Crippen LogP contribution in [0.4, 0.5) is 5.69 Å². The first-order valence-electron chi connectivity index (χ1n) is 4.93. The molecule has 0 unspecified atom stereocenters. The first-order chi connectivity index (χ1) is 7.43. The molecule has 0 radical (unpaired) electrons. The molecule has 0 saturated heterocycles. The van der Waals surface area contributed by atoms with E-state index in [0.29, 0.717) is 0 Å². The molecule has 0 amide bonds. The van der Waals surface area contributed by atoms with Gasteiger partial charge < -0.3 is 5.32 Å². The maximum atomic E-state index is 4.59. The van der Waals surface area contributed by atoms with Crippen LogP contribution in [0.15, 0.2) is 48.7 Å². The first kappa shape index (κ1) is 8.24. The molecule has 15 heavy (non-hydrogen) atoms. The van der Waals surface area contributed by atoms with Gasteiger partial charge in [-0.3, -0.25) is 0 Å². The molecule has 1 aliphatic heterocycles. The fourth-order valence-electron chi connectivity index (χ4n) is 1.71. The highest BCUT2D eigenvalue weighted by Gasteiger charge is 2.03. The molecule has 3 rings (SSSR count). The van der Waals surface area contributed by atoms with E-state index < -0.39 is 0 Å². The molecule has 2 heteroatoms. The molecule has 0 saturated carbocycles. The van der Waals surface area contributed by atoms with Crippen molar-refractivity contribution in [2.75, 3.05) is 5.32 Å². The minimum atomic E-state index is 0.985. The number of pyridine rings is 1. The van der Waals surface area contributed by atoms with E-state index in [-0.39, 0.29) is 0 Å². The van der Waals surface area contributed by atoms with Crippen LogP contribution < -0.4 is 5.32 Å². The lowest BCUT2D eigenvalue weighted by molar-refractivity contribution is 1.36. The highest BCUT2D eigenvalue weighted by Crippen LogP contribution is 2.23. The maximum Gasteiger partial charge on any atom is 0.0872 e. The fraction of sp³-hybridized carbons (Fsp3) is 0. The summed E-state index contributed by atoms with van der Waals surface area (Å²) in [6.45, 7) is 0. The second-order valence-corrected chi connectivity index (χ2v) is 3.48. The van der Waals surface area contributed by atoms with Crippen LogP contribution in [0.3, 0.4) is 0 Å².